The quantitative estimate of drug-likeness (QED) is 0.666. The maximum Gasteiger partial charge on any atom is 0.114 e. The fourth-order valence-electron chi connectivity index (χ4n) is 2.67. The molecule has 3 aromatic rings. The van der Waals surface area contributed by atoms with Gasteiger partial charge in [0.05, 0.1) is 11.0 Å². The number of nitrogens with zero attached hydrogens (tertiary/aromatic N) is 2. The molecule has 2 aromatic carbocycles. The molecule has 1 aromatic heterocycles. The van der Waals surface area contributed by atoms with Gasteiger partial charge in [0.2, 0.25) is 0 Å². The van der Waals surface area contributed by atoms with E-state index in [0.717, 1.165) is 17.8 Å². The SMILES string of the molecule is CCc1nc2c(C)cc(C)cc2n1-c1ccccc1. The van der Waals surface area contributed by atoms with Gasteiger partial charge >= 0.3 is 0 Å². The Morgan fingerprint density at radius 1 is 1.05 bits per heavy atom. The molecule has 96 valence electrons. The second-order valence-electron chi connectivity index (χ2n) is 5.00. The summed E-state index contributed by atoms with van der Waals surface area (Å²) >= 11 is 0. The Labute approximate surface area is 113 Å². The smallest absolute Gasteiger partial charge is 0.114 e. The summed E-state index contributed by atoms with van der Waals surface area (Å²) in [6.45, 7) is 6.43. The highest BCUT2D eigenvalue weighted by Gasteiger charge is 2.12. The lowest BCUT2D eigenvalue weighted by Crippen LogP contribution is -1.99. The van der Waals surface area contributed by atoms with Crippen molar-refractivity contribution >= 4 is 11.0 Å². The Balaban J connectivity index is 2.39. The minimum atomic E-state index is 0.933. The van der Waals surface area contributed by atoms with Crippen LogP contribution in [0.15, 0.2) is 42.5 Å². The standard InChI is InChI=1S/C17H18N2/c1-4-16-18-17-13(3)10-12(2)11-15(17)19(16)14-8-6-5-7-9-14/h5-11H,4H2,1-3H3. The predicted molar refractivity (Wildman–Crippen MR) is 79.9 cm³/mol. The highest BCUT2D eigenvalue weighted by molar-refractivity contribution is 5.82. The minimum absolute atomic E-state index is 0.933. The van der Waals surface area contributed by atoms with Crippen molar-refractivity contribution in [3.63, 3.8) is 0 Å². The third kappa shape index (κ3) is 1.93. The van der Waals surface area contributed by atoms with Crippen molar-refractivity contribution in [2.75, 3.05) is 0 Å². The molecule has 0 fully saturated rings. The first-order valence-corrected chi connectivity index (χ1v) is 6.74. The van der Waals surface area contributed by atoms with Crippen molar-refractivity contribution in [2.24, 2.45) is 0 Å². The molecule has 0 amide bonds. The van der Waals surface area contributed by atoms with Gasteiger partial charge in [0.15, 0.2) is 0 Å². The van der Waals surface area contributed by atoms with Crippen LogP contribution < -0.4 is 0 Å². The van der Waals surface area contributed by atoms with Gasteiger partial charge in [-0.2, -0.15) is 0 Å². The number of para-hydroxylation sites is 1. The van der Waals surface area contributed by atoms with Crippen molar-refractivity contribution in [1.82, 2.24) is 9.55 Å². The summed E-state index contributed by atoms with van der Waals surface area (Å²) in [4.78, 5) is 4.81. The number of aryl methyl sites for hydroxylation is 3. The summed E-state index contributed by atoms with van der Waals surface area (Å²) in [5.41, 5.74) is 6.04. The number of benzene rings is 2. The van der Waals surface area contributed by atoms with E-state index in [1.165, 1.54) is 22.3 Å². The van der Waals surface area contributed by atoms with Crippen LogP contribution in [-0.4, -0.2) is 9.55 Å². The molecular weight excluding hydrogens is 232 g/mol. The minimum Gasteiger partial charge on any atom is -0.296 e. The van der Waals surface area contributed by atoms with Gasteiger partial charge in [0, 0.05) is 12.1 Å². The Hall–Kier alpha value is -2.09. The third-order valence-electron chi connectivity index (χ3n) is 3.50. The summed E-state index contributed by atoms with van der Waals surface area (Å²) in [7, 11) is 0. The molecule has 0 unspecified atom stereocenters. The van der Waals surface area contributed by atoms with Crippen LogP contribution in [0.4, 0.5) is 0 Å². The number of hydrogen-bond donors (Lipinski definition) is 0. The van der Waals surface area contributed by atoms with E-state index in [1.54, 1.807) is 0 Å². The zero-order valence-corrected chi connectivity index (χ0v) is 11.6. The third-order valence-corrected chi connectivity index (χ3v) is 3.50. The van der Waals surface area contributed by atoms with Crippen molar-refractivity contribution in [3.8, 4) is 5.69 Å². The lowest BCUT2D eigenvalue weighted by atomic mass is 10.1. The second-order valence-corrected chi connectivity index (χ2v) is 5.00. The molecule has 0 aliphatic carbocycles. The number of aromatic nitrogens is 2. The van der Waals surface area contributed by atoms with Crippen LogP contribution >= 0.6 is 0 Å². The van der Waals surface area contributed by atoms with E-state index in [-0.39, 0.29) is 0 Å². The Kier molecular flexibility index (Phi) is 2.86. The first-order chi connectivity index (χ1) is 9.20. The molecule has 0 saturated carbocycles. The number of rotatable bonds is 2. The van der Waals surface area contributed by atoms with Gasteiger partial charge in [-0.25, -0.2) is 4.98 Å². The summed E-state index contributed by atoms with van der Waals surface area (Å²) in [5, 5.41) is 0. The topological polar surface area (TPSA) is 17.8 Å². The highest BCUT2D eigenvalue weighted by atomic mass is 15.1. The Morgan fingerprint density at radius 2 is 1.79 bits per heavy atom. The fourth-order valence-corrected chi connectivity index (χ4v) is 2.67. The van der Waals surface area contributed by atoms with Crippen molar-refractivity contribution < 1.29 is 0 Å². The van der Waals surface area contributed by atoms with Gasteiger partial charge in [0.1, 0.15) is 5.82 Å². The molecule has 0 radical (unpaired) electrons. The first-order valence-electron chi connectivity index (χ1n) is 6.74. The van der Waals surface area contributed by atoms with Gasteiger partial charge in [-0.1, -0.05) is 31.2 Å². The van der Waals surface area contributed by atoms with Gasteiger partial charge in [0.25, 0.3) is 0 Å². The molecule has 2 heteroatoms. The average Bonchev–Trinajstić information content (AvgIpc) is 2.78. The molecule has 0 saturated heterocycles. The zero-order chi connectivity index (χ0) is 13.4. The van der Waals surface area contributed by atoms with Gasteiger partial charge in [-0.05, 0) is 43.2 Å². The lowest BCUT2D eigenvalue weighted by molar-refractivity contribution is 0.908. The van der Waals surface area contributed by atoms with Gasteiger partial charge in [-0.15, -0.1) is 0 Å². The summed E-state index contributed by atoms with van der Waals surface area (Å²) in [5.74, 6) is 1.12. The zero-order valence-electron chi connectivity index (χ0n) is 11.6. The summed E-state index contributed by atoms with van der Waals surface area (Å²) in [6, 6.07) is 14.9. The van der Waals surface area contributed by atoms with E-state index in [4.69, 9.17) is 4.98 Å². The molecule has 3 rings (SSSR count). The average molecular weight is 250 g/mol. The maximum absolute atomic E-state index is 4.81. The first kappa shape index (κ1) is 12.0. The number of hydrogen-bond acceptors (Lipinski definition) is 1. The maximum atomic E-state index is 4.81. The van der Waals surface area contributed by atoms with Crippen LogP contribution in [0.1, 0.15) is 23.9 Å². The molecule has 0 aliphatic rings. The Morgan fingerprint density at radius 3 is 2.47 bits per heavy atom. The van der Waals surface area contributed by atoms with Gasteiger partial charge in [-0.3, -0.25) is 4.57 Å². The molecule has 0 N–H and O–H groups in total. The van der Waals surface area contributed by atoms with E-state index in [0.29, 0.717) is 0 Å². The van der Waals surface area contributed by atoms with Crippen molar-refractivity contribution in [3.05, 3.63) is 59.4 Å². The number of fused-ring (bicyclic) bond motifs is 1. The fraction of sp³-hybridized carbons (Fsp3) is 0.235. The van der Waals surface area contributed by atoms with E-state index in [2.05, 4.69) is 61.7 Å². The largest absolute Gasteiger partial charge is 0.296 e. The van der Waals surface area contributed by atoms with Crippen LogP contribution in [0.5, 0.6) is 0 Å². The van der Waals surface area contributed by atoms with Crippen LogP contribution in [0.3, 0.4) is 0 Å². The molecule has 1 heterocycles. The van der Waals surface area contributed by atoms with Gasteiger partial charge < -0.3 is 0 Å². The van der Waals surface area contributed by atoms with E-state index >= 15 is 0 Å². The molecule has 0 bridgehead atoms. The molecule has 2 nitrogen and oxygen atoms in total. The lowest BCUT2D eigenvalue weighted by Gasteiger charge is -2.08. The molecule has 0 atom stereocenters. The van der Waals surface area contributed by atoms with Crippen molar-refractivity contribution in [2.45, 2.75) is 27.2 Å². The molecular formula is C17H18N2. The summed E-state index contributed by atoms with van der Waals surface area (Å²) < 4.78 is 2.27. The molecule has 0 spiro atoms. The predicted octanol–water partition coefficient (Wildman–Crippen LogP) is 4.20. The normalized spacial score (nSPS) is 11.1. The van der Waals surface area contributed by atoms with Crippen LogP contribution in [0, 0.1) is 13.8 Å². The van der Waals surface area contributed by atoms with Crippen LogP contribution in [0.2, 0.25) is 0 Å². The second kappa shape index (κ2) is 4.54. The molecule has 0 aliphatic heterocycles. The Bertz CT molecular complexity index is 724. The van der Waals surface area contributed by atoms with E-state index in [9.17, 15) is 0 Å². The van der Waals surface area contributed by atoms with Crippen LogP contribution in [0.25, 0.3) is 16.7 Å². The highest BCUT2D eigenvalue weighted by Crippen LogP contribution is 2.25. The summed E-state index contributed by atoms with van der Waals surface area (Å²) in [6.07, 6.45) is 0.933. The van der Waals surface area contributed by atoms with E-state index in [1.807, 2.05) is 6.07 Å². The van der Waals surface area contributed by atoms with Crippen LogP contribution in [-0.2, 0) is 6.42 Å². The number of imidazole rings is 1. The molecule has 19 heavy (non-hydrogen) atoms. The van der Waals surface area contributed by atoms with E-state index < -0.39 is 0 Å². The monoisotopic (exact) mass is 250 g/mol. The van der Waals surface area contributed by atoms with Crippen molar-refractivity contribution in [1.29, 1.82) is 0 Å².